The van der Waals surface area contributed by atoms with Crippen LogP contribution in [0.4, 0.5) is 0 Å². The Hall–Kier alpha value is -0.750. The maximum absolute atomic E-state index is 12.6. The standard InChI is InChI=1S/C17H29N3O2S/c1-18-8-7-17(6-5-15(18)21)13-20(10-9-19(17)2)16(22)12-23-11-14-3-4-14/h14H,3-13H2,1-2H3. The number of rotatable bonds is 4. The second kappa shape index (κ2) is 7.01. The number of nitrogens with zero attached hydrogens (tertiary/aromatic N) is 3. The summed E-state index contributed by atoms with van der Waals surface area (Å²) in [6, 6.07) is 0. The fourth-order valence-corrected chi connectivity index (χ4v) is 4.80. The van der Waals surface area contributed by atoms with E-state index in [1.54, 1.807) is 11.8 Å². The van der Waals surface area contributed by atoms with Gasteiger partial charge in [-0.05, 0) is 44.4 Å². The summed E-state index contributed by atoms with van der Waals surface area (Å²) in [5.74, 6) is 3.15. The predicted molar refractivity (Wildman–Crippen MR) is 93.5 cm³/mol. The molecule has 0 N–H and O–H groups in total. The maximum Gasteiger partial charge on any atom is 0.232 e. The van der Waals surface area contributed by atoms with E-state index in [-0.39, 0.29) is 17.4 Å². The summed E-state index contributed by atoms with van der Waals surface area (Å²) < 4.78 is 0. The molecule has 3 aliphatic rings. The third-order valence-corrected chi connectivity index (χ3v) is 6.93. The monoisotopic (exact) mass is 339 g/mol. The van der Waals surface area contributed by atoms with Crippen LogP contribution >= 0.6 is 11.8 Å². The number of piperazine rings is 1. The Morgan fingerprint density at radius 1 is 1.22 bits per heavy atom. The summed E-state index contributed by atoms with van der Waals surface area (Å²) in [7, 11) is 4.04. The third kappa shape index (κ3) is 4.02. The minimum atomic E-state index is -0.0184. The lowest BCUT2D eigenvalue weighted by Crippen LogP contribution is -2.62. The van der Waals surface area contributed by atoms with Gasteiger partial charge in [0.1, 0.15) is 0 Å². The van der Waals surface area contributed by atoms with E-state index >= 15 is 0 Å². The zero-order valence-corrected chi connectivity index (χ0v) is 15.2. The molecule has 0 bridgehead atoms. The molecule has 1 spiro atoms. The fraction of sp³-hybridized carbons (Fsp3) is 0.882. The van der Waals surface area contributed by atoms with Crippen molar-refractivity contribution in [3.63, 3.8) is 0 Å². The highest BCUT2D eigenvalue weighted by molar-refractivity contribution is 7.99. The van der Waals surface area contributed by atoms with Crippen LogP contribution in [-0.4, -0.2) is 83.8 Å². The number of hydrogen-bond donors (Lipinski definition) is 0. The SMILES string of the molecule is CN1CCC2(CCC1=O)CN(C(=O)CSCC1CC1)CCN2C. The van der Waals surface area contributed by atoms with Gasteiger partial charge in [0, 0.05) is 45.2 Å². The highest BCUT2D eigenvalue weighted by Gasteiger charge is 2.42. The van der Waals surface area contributed by atoms with Gasteiger partial charge in [0.25, 0.3) is 0 Å². The molecule has 0 aromatic carbocycles. The second-order valence-electron chi connectivity index (χ2n) is 7.48. The molecule has 2 amide bonds. The topological polar surface area (TPSA) is 43.9 Å². The Morgan fingerprint density at radius 2 is 2.00 bits per heavy atom. The molecule has 5 nitrogen and oxygen atoms in total. The van der Waals surface area contributed by atoms with Gasteiger partial charge in [-0.15, -0.1) is 0 Å². The van der Waals surface area contributed by atoms with E-state index < -0.39 is 0 Å². The van der Waals surface area contributed by atoms with Gasteiger partial charge < -0.3 is 9.80 Å². The van der Waals surface area contributed by atoms with Crippen molar-refractivity contribution in [1.82, 2.24) is 14.7 Å². The van der Waals surface area contributed by atoms with Gasteiger partial charge in [0.05, 0.1) is 5.75 Å². The van der Waals surface area contributed by atoms with E-state index in [1.807, 2.05) is 11.9 Å². The van der Waals surface area contributed by atoms with E-state index in [4.69, 9.17) is 0 Å². The Balaban J connectivity index is 1.58. The van der Waals surface area contributed by atoms with Gasteiger partial charge in [0.15, 0.2) is 0 Å². The van der Waals surface area contributed by atoms with E-state index in [2.05, 4.69) is 16.8 Å². The number of amides is 2. The van der Waals surface area contributed by atoms with Gasteiger partial charge in [-0.25, -0.2) is 0 Å². The number of carbonyl (C=O) groups is 2. The van der Waals surface area contributed by atoms with Crippen LogP contribution in [0.15, 0.2) is 0 Å². The van der Waals surface area contributed by atoms with Crippen molar-refractivity contribution in [2.24, 2.45) is 5.92 Å². The summed E-state index contributed by atoms with van der Waals surface area (Å²) >= 11 is 1.80. The van der Waals surface area contributed by atoms with Crippen LogP contribution in [0, 0.1) is 5.92 Å². The third-order valence-electron chi connectivity index (χ3n) is 5.77. The molecule has 23 heavy (non-hydrogen) atoms. The molecule has 1 saturated carbocycles. The molecular weight excluding hydrogens is 310 g/mol. The molecule has 6 heteroatoms. The van der Waals surface area contributed by atoms with E-state index in [9.17, 15) is 9.59 Å². The zero-order valence-electron chi connectivity index (χ0n) is 14.4. The average Bonchev–Trinajstić information content (AvgIpc) is 3.36. The quantitative estimate of drug-likeness (QED) is 0.774. The van der Waals surface area contributed by atoms with Crippen LogP contribution in [0.5, 0.6) is 0 Å². The van der Waals surface area contributed by atoms with Crippen LogP contribution in [0.25, 0.3) is 0 Å². The Kier molecular flexibility index (Phi) is 5.21. The lowest BCUT2D eigenvalue weighted by molar-refractivity contribution is -0.134. The summed E-state index contributed by atoms with van der Waals surface area (Å²) in [6.07, 6.45) is 5.12. The number of carbonyl (C=O) groups excluding carboxylic acids is 2. The molecule has 1 atom stereocenters. The normalized spacial score (nSPS) is 29.9. The minimum Gasteiger partial charge on any atom is -0.346 e. The van der Waals surface area contributed by atoms with E-state index in [0.717, 1.165) is 50.7 Å². The number of hydrogen-bond acceptors (Lipinski definition) is 4. The van der Waals surface area contributed by atoms with Crippen molar-refractivity contribution in [1.29, 1.82) is 0 Å². The largest absolute Gasteiger partial charge is 0.346 e. The van der Waals surface area contributed by atoms with Gasteiger partial charge in [-0.2, -0.15) is 11.8 Å². The summed E-state index contributed by atoms with van der Waals surface area (Å²) in [5.41, 5.74) is -0.0184. The first-order chi connectivity index (χ1) is 11.0. The van der Waals surface area contributed by atoms with Crippen LogP contribution in [0.1, 0.15) is 32.1 Å². The second-order valence-corrected chi connectivity index (χ2v) is 8.52. The molecule has 130 valence electrons. The van der Waals surface area contributed by atoms with E-state index in [1.165, 1.54) is 12.8 Å². The van der Waals surface area contributed by atoms with Crippen molar-refractivity contribution in [3.8, 4) is 0 Å². The van der Waals surface area contributed by atoms with Gasteiger partial charge in [-0.3, -0.25) is 14.5 Å². The molecule has 2 aliphatic heterocycles. The summed E-state index contributed by atoms with van der Waals surface area (Å²) in [5, 5.41) is 0. The maximum atomic E-state index is 12.6. The summed E-state index contributed by atoms with van der Waals surface area (Å²) in [6.45, 7) is 3.32. The minimum absolute atomic E-state index is 0.0184. The van der Waals surface area contributed by atoms with Crippen molar-refractivity contribution in [2.45, 2.75) is 37.6 Å². The number of likely N-dealkylation sites (tertiary alicyclic amines) is 1. The van der Waals surface area contributed by atoms with Crippen LogP contribution in [-0.2, 0) is 9.59 Å². The van der Waals surface area contributed by atoms with Gasteiger partial charge in [-0.1, -0.05) is 0 Å². The molecule has 0 radical (unpaired) electrons. The van der Waals surface area contributed by atoms with Crippen molar-refractivity contribution in [2.75, 3.05) is 51.8 Å². The molecule has 3 rings (SSSR count). The van der Waals surface area contributed by atoms with Gasteiger partial charge in [0.2, 0.25) is 11.8 Å². The summed E-state index contributed by atoms with van der Waals surface area (Å²) in [4.78, 5) is 30.8. The first-order valence-corrected chi connectivity index (χ1v) is 9.96. The first kappa shape index (κ1) is 17.1. The lowest BCUT2D eigenvalue weighted by atomic mass is 9.86. The molecule has 3 fully saturated rings. The van der Waals surface area contributed by atoms with Crippen molar-refractivity contribution < 1.29 is 9.59 Å². The molecule has 0 aromatic heterocycles. The Bertz CT molecular complexity index is 469. The fourth-order valence-electron chi connectivity index (χ4n) is 3.66. The molecular formula is C17H29N3O2S. The molecule has 2 saturated heterocycles. The van der Waals surface area contributed by atoms with Crippen LogP contribution in [0.2, 0.25) is 0 Å². The van der Waals surface area contributed by atoms with E-state index in [0.29, 0.717) is 12.2 Å². The van der Waals surface area contributed by atoms with Crippen molar-refractivity contribution in [3.05, 3.63) is 0 Å². The zero-order chi connectivity index (χ0) is 16.4. The van der Waals surface area contributed by atoms with Gasteiger partial charge >= 0.3 is 0 Å². The van der Waals surface area contributed by atoms with Crippen LogP contribution < -0.4 is 0 Å². The van der Waals surface area contributed by atoms with Crippen LogP contribution in [0.3, 0.4) is 0 Å². The smallest absolute Gasteiger partial charge is 0.232 e. The molecule has 1 unspecified atom stereocenters. The molecule has 1 aliphatic carbocycles. The predicted octanol–water partition coefficient (Wildman–Crippen LogP) is 1.28. The number of likely N-dealkylation sites (N-methyl/N-ethyl adjacent to an activating group) is 1. The average molecular weight is 340 g/mol. The molecule has 2 heterocycles. The molecule has 0 aromatic rings. The Labute approximate surface area is 143 Å². The highest BCUT2D eigenvalue weighted by Crippen LogP contribution is 2.34. The lowest BCUT2D eigenvalue weighted by Gasteiger charge is -2.49. The number of thioether (sulfide) groups is 1. The highest BCUT2D eigenvalue weighted by atomic mass is 32.2. The Morgan fingerprint density at radius 3 is 2.74 bits per heavy atom. The van der Waals surface area contributed by atoms with Crippen molar-refractivity contribution >= 4 is 23.6 Å². The first-order valence-electron chi connectivity index (χ1n) is 8.81.